The molecule has 140 valence electrons. The number of nitrogens with zero attached hydrogens (tertiary/aromatic N) is 2. The lowest BCUT2D eigenvalue weighted by molar-refractivity contribution is 0.271. The summed E-state index contributed by atoms with van der Waals surface area (Å²) < 4.78 is 5.77. The molecule has 0 spiro atoms. The van der Waals surface area contributed by atoms with Crippen LogP contribution in [0.25, 0.3) is 22.5 Å². The van der Waals surface area contributed by atoms with E-state index in [1.807, 2.05) is 48.5 Å². The lowest BCUT2D eigenvalue weighted by atomic mass is 10.0. The summed E-state index contributed by atoms with van der Waals surface area (Å²) in [6.07, 6.45) is 3.55. The zero-order valence-corrected chi connectivity index (χ0v) is 16.5. The average molecular weight is 402 g/mol. The van der Waals surface area contributed by atoms with Crippen molar-refractivity contribution in [3.05, 3.63) is 64.8 Å². The van der Waals surface area contributed by atoms with Gasteiger partial charge in [-0.05, 0) is 30.7 Å². The van der Waals surface area contributed by atoms with Crippen LogP contribution in [0.15, 0.2) is 54.7 Å². The number of aromatic nitrogens is 2. The summed E-state index contributed by atoms with van der Waals surface area (Å²) in [5.41, 5.74) is 9.33. The summed E-state index contributed by atoms with van der Waals surface area (Å²) >= 11 is 12.0. The summed E-state index contributed by atoms with van der Waals surface area (Å²) in [5, 5.41) is 1.34. The third-order valence-corrected chi connectivity index (χ3v) is 4.59. The predicted octanol–water partition coefficient (Wildman–Crippen LogP) is 5.62. The normalized spacial score (nSPS) is 12.0. The van der Waals surface area contributed by atoms with Gasteiger partial charge in [-0.1, -0.05) is 60.8 Å². The van der Waals surface area contributed by atoms with Crippen LogP contribution in [0.1, 0.15) is 19.8 Å². The van der Waals surface area contributed by atoms with Crippen LogP contribution < -0.4 is 10.5 Å². The van der Waals surface area contributed by atoms with E-state index < -0.39 is 0 Å². The van der Waals surface area contributed by atoms with E-state index in [1.54, 1.807) is 6.20 Å². The highest BCUT2D eigenvalue weighted by Crippen LogP contribution is 2.31. The van der Waals surface area contributed by atoms with Crippen LogP contribution in [0.4, 0.5) is 0 Å². The van der Waals surface area contributed by atoms with Gasteiger partial charge in [-0.15, -0.1) is 0 Å². The number of benzene rings is 2. The number of hydrogen-bond acceptors (Lipinski definition) is 4. The Morgan fingerprint density at radius 2 is 1.48 bits per heavy atom. The van der Waals surface area contributed by atoms with Crippen LogP contribution >= 0.6 is 23.2 Å². The van der Waals surface area contributed by atoms with E-state index in [0.717, 1.165) is 35.4 Å². The summed E-state index contributed by atoms with van der Waals surface area (Å²) in [7, 11) is 0. The maximum Gasteiger partial charge on any atom is 0.232 e. The molecule has 4 nitrogen and oxygen atoms in total. The van der Waals surface area contributed by atoms with Crippen molar-refractivity contribution in [1.29, 1.82) is 0 Å². The Bertz CT molecular complexity index is 883. The zero-order chi connectivity index (χ0) is 19.2. The highest BCUT2D eigenvalue weighted by molar-refractivity contribution is 6.31. The standard InChI is InChI=1S/C21H21Cl2N3O/c1-2-3-18(24)13-27-19-12-25-20(14-4-8-16(22)9-5-14)21(26-19)15-6-10-17(23)11-7-15/h4-12,18H,2-3,13,24H2,1H3. The van der Waals surface area contributed by atoms with Crippen LogP contribution in [0.2, 0.25) is 10.0 Å². The van der Waals surface area contributed by atoms with Gasteiger partial charge in [0.15, 0.2) is 0 Å². The molecule has 0 aliphatic carbocycles. The number of halogens is 2. The molecule has 1 atom stereocenters. The third kappa shape index (κ3) is 5.19. The molecule has 2 N–H and O–H groups in total. The van der Waals surface area contributed by atoms with E-state index in [-0.39, 0.29) is 6.04 Å². The fraction of sp³-hybridized carbons (Fsp3) is 0.238. The van der Waals surface area contributed by atoms with E-state index >= 15 is 0 Å². The molecule has 0 bridgehead atoms. The number of hydrogen-bond donors (Lipinski definition) is 1. The van der Waals surface area contributed by atoms with E-state index in [9.17, 15) is 0 Å². The first-order valence-electron chi connectivity index (χ1n) is 8.84. The molecule has 1 heterocycles. The maximum atomic E-state index is 6.03. The average Bonchev–Trinajstić information content (AvgIpc) is 2.68. The van der Waals surface area contributed by atoms with Crippen LogP contribution in [0, 0.1) is 0 Å². The van der Waals surface area contributed by atoms with Gasteiger partial charge in [0.25, 0.3) is 0 Å². The molecule has 0 aliphatic heterocycles. The van der Waals surface area contributed by atoms with Crippen molar-refractivity contribution in [3.8, 4) is 28.4 Å². The second-order valence-corrected chi connectivity index (χ2v) is 7.15. The van der Waals surface area contributed by atoms with Gasteiger partial charge >= 0.3 is 0 Å². The Hall–Kier alpha value is -2.14. The highest BCUT2D eigenvalue weighted by Gasteiger charge is 2.14. The second-order valence-electron chi connectivity index (χ2n) is 6.28. The van der Waals surface area contributed by atoms with Crippen LogP contribution in [-0.2, 0) is 0 Å². The van der Waals surface area contributed by atoms with Crippen molar-refractivity contribution in [2.24, 2.45) is 5.73 Å². The van der Waals surface area contributed by atoms with Crippen molar-refractivity contribution in [2.75, 3.05) is 6.61 Å². The van der Waals surface area contributed by atoms with Crippen LogP contribution in [0.3, 0.4) is 0 Å². The van der Waals surface area contributed by atoms with Crippen molar-refractivity contribution in [3.63, 3.8) is 0 Å². The molecular formula is C21H21Cl2N3O. The van der Waals surface area contributed by atoms with Crippen molar-refractivity contribution >= 4 is 23.2 Å². The fourth-order valence-electron chi connectivity index (χ4n) is 2.72. The molecule has 6 heteroatoms. The molecule has 3 aromatic rings. The minimum atomic E-state index is -0.0216. The highest BCUT2D eigenvalue weighted by atomic mass is 35.5. The molecule has 1 aromatic heterocycles. The van der Waals surface area contributed by atoms with Gasteiger partial charge in [0.05, 0.1) is 11.9 Å². The van der Waals surface area contributed by atoms with Gasteiger partial charge in [0, 0.05) is 27.2 Å². The minimum absolute atomic E-state index is 0.0216. The molecule has 2 aromatic carbocycles. The zero-order valence-electron chi connectivity index (χ0n) is 15.0. The topological polar surface area (TPSA) is 61.0 Å². The van der Waals surface area contributed by atoms with Gasteiger partial charge in [0.2, 0.25) is 5.88 Å². The summed E-state index contributed by atoms with van der Waals surface area (Å²) in [6.45, 7) is 2.50. The minimum Gasteiger partial charge on any atom is -0.475 e. The van der Waals surface area contributed by atoms with Gasteiger partial charge in [-0.2, -0.15) is 0 Å². The lowest BCUT2D eigenvalue weighted by Crippen LogP contribution is -2.27. The molecular weight excluding hydrogens is 381 g/mol. The first-order valence-corrected chi connectivity index (χ1v) is 9.59. The molecule has 0 saturated heterocycles. The molecule has 0 saturated carbocycles. The summed E-state index contributed by atoms with van der Waals surface area (Å²) in [6, 6.07) is 15.0. The first-order chi connectivity index (χ1) is 13.1. The molecule has 27 heavy (non-hydrogen) atoms. The Labute approximate surface area is 169 Å². The van der Waals surface area contributed by atoms with E-state index in [1.165, 1.54) is 0 Å². The Morgan fingerprint density at radius 1 is 0.926 bits per heavy atom. The van der Waals surface area contributed by atoms with Crippen LogP contribution in [0.5, 0.6) is 5.88 Å². The van der Waals surface area contributed by atoms with Gasteiger partial charge in [-0.25, -0.2) is 9.97 Å². The molecule has 0 aliphatic rings. The lowest BCUT2D eigenvalue weighted by Gasteiger charge is -2.14. The fourth-order valence-corrected chi connectivity index (χ4v) is 2.97. The van der Waals surface area contributed by atoms with Crippen molar-refractivity contribution in [2.45, 2.75) is 25.8 Å². The van der Waals surface area contributed by atoms with Gasteiger partial charge in [0.1, 0.15) is 12.3 Å². The van der Waals surface area contributed by atoms with E-state index in [2.05, 4.69) is 16.9 Å². The Kier molecular flexibility index (Phi) is 6.67. The largest absolute Gasteiger partial charge is 0.475 e. The number of nitrogens with two attached hydrogens (primary N) is 1. The molecule has 0 radical (unpaired) electrons. The smallest absolute Gasteiger partial charge is 0.232 e. The van der Waals surface area contributed by atoms with E-state index in [4.69, 9.17) is 33.7 Å². The Morgan fingerprint density at radius 3 is 2.04 bits per heavy atom. The molecule has 0 amide bonds. The summed E-state index contributed by atoms with van der Waals surface area (Å²) in [4.78, 5) is 9.28. The van der Waals surface area contributed by atoms with Crippen LogP contribution in [-0.4, -0.2) is 22.6 Å². The van der Waals surface area contributed by atoms with Crippen molar-refractivity contribution < 1.29 is 4.74 Å². The van der Waals surface area contributed by atoms with Crippen molar-refractivity contribution in [1.82, 2.24) is 9.97 Å². The monoisotopic (exact) mass is 401 g/mol. The predicted molar refractivity (Wildman–Crippen MR) is 111 cm³/mol. The third-order valence-electron chi connectivity index (χ3n) is 4.09. The quantitative estimate of drug-likeness (QED) is 0.557. The molecule has 3 rings (SSSR count). The van der Waals surface area contributed by atoms with E-state index in [0.29, 0.717) is 22.5 Å². The molecule has 0 fully saturated rings. The number of ether oxygens (including phenoxy) is 1. The number of rotatable bonds is 7. The Balaban J connectivity index is 1.97. The first kappa shape index (κ1) is 19.6. The second kappa shape index (κ2) is 9.18. The molecule has 1 unspecified atom stereocenters. The van der Waals surface area contributed by atoms with Gasteiger partial charge in [-0.3, -0.25) is 0 Å². The maximum absolute atomic E-state index is 6.03. The SMILES string of the molecule is CCCC(N)COc1cnc(-c2ccc(Cl)cc2)c(-c2ccc(Cl)cc2)n1. The van der Waals surface area contributed by atoms with Gasteiger partial charge < -0.3 is 10.5 Å². The summed E-state index contributed by atoms with van der Waals surface area (Å²) in [5.74, 6) is 0.448.